The highest BCUT2D eigenvalue weighted by atomic mass is 16.4. The van der Waals surface area contributed by atoms with E-state index in [1.54, 1.807) is 18.3 Å². The van der Waals surface area contributed by atoms with E-state index >= 15 is 0 Å². The van der Waals surface area contributed by atoms with E-state index in [1.165, 1.54) is 19.4 Å². The summed E-state index contributed by atoms with van der Waals surface area (Å²) in [6.07, 6.45) is 6.94. The summed E-state index contributed by atoms with van der Waals surface area (Å²) in [5.74, 6) is 0.657. The molecule has 0 radical (unpaired) electrons. The van der Waals surface area contributed by atoms with Crippen LogP contribution in [0.4, 0.5) is 0 Å². The topological polar surface area (TPSA) is 57.8 Å². The smallest absolute Gasteiger partial charge is 0.337 e. The van der Waals surface area contributed by atoms with Crippen molar-refractivity contribution in [3.8, 4) is 0 Å². The average Bonchev–Trinajstić information content (AvgIpc) is 2.90. The number of rotatable bonds is 4. The van der Waals surface area contributed by atoms with Gasteiger partial charge in [0.1, 0.15) is 5.82 Å². The number of pyridine rings is 1. The molecule has 0 saturated carbocycles. The van der Waals surface area contributed by atoms with E-state index in [-0.39, 0.29) is 0 Å². The maximum absolute atomic E-state index is 11.3. The van der Waals surface area contributed by atoms with Crippen molar-refractivity contribution in [2.75, 3.05) is 13.1 Å². The third kappa shape index (κ3) is 2.86. The molecule has 118 valence electrons. The van der Waals surface area contributed by atoms with Crippen molar-refractivity contribution in [3.63, 3.8) is 0 Å². The van der Waals surface area contributed by atoms with Gasteiger partial charge in [0.2, 0.25) is 0 Å². The molecule has 1 N–H and O–H groups in total. The molecule has 3 heterocycles. The Morgan fingerprint density at radius 2 is 2.32 bits per heavy atom. The molecule has 1 atom stereocenters. The molecule has 0 spiro atoms. The van der Waals surface area contributed by atoms with E-state index < -0.39 is 5.97 Å². The molecule has 5 heteroatoms. The van der Waals surface area contributed by atoms with Gasteiger partial charge in [-0.2, -0.15) is 0 Å². The minimum Gasteiger partial charge on any atom is -0.478 e. The molecule has 1 aliphatic rings. The molecule has 0 aromatic carbocycles. The van der Waals surface area contributed by atoms with Gasteiger partial charge in [0, 0.05) is 25.2 Å². The summed E-state index contributed by atoms with van der Waals surface area (Å²) in [5, 5.41) is 9.26. The summed E-state index contributed by atoms with van der Waals surface area (Å²) in [6.45, 7) is 6.77. The van der Waals surface area contributed by atoms with Crippen molar-refractivity contribution in [2.45, 2.75) is 39.2 Å². The highest BCUT2D eigenvalue weighted by Gasteiger charge is 2.23. The Labute approximate surface area is 130 Å². The zero-order valence-electron chi connectivity index (χ0n) is 13.2. The van der Waals surface area contributed by atoms with Crippen molar-refractivity contribution in [3.05, 3.63) is 35.9 Å². The molecule has 3 rings (SSSR count). The van der Waals surface area contributed by atoms with E-state index in [9.17, 15) is 9.90 Å². The van der Waals surface area contributed by atoms with Crippen molar-refractivity contribution < 1.29 is 9.90 Å². The van der Waals surface area contributed by atoms with Crippen LogP contribution in [0.5, 0.6) is 0 Å². The zero-order valence-corrected chi connectivity index (χ0v) is 13.2. The number of carboxylic acids is 1. The third-order valence-electron chi connectivity index (χ3n) is 4.63. The lowest BCUT2D eigenvalue weighted by atomic mass is 9.93. The van der Waals surface area contributed by atoms with Gasteiger partial charge in [0.25, 0.3) is 0 Å². The van der Waals surface area contributed by atoms with Crippen molar-refractivity contribution in [2.24, 2.45) is 5.92 Å². The number of piperidine rings is 1. The second kappa shape index (κ2) is 6.08. The Hall–Kier alpha value is -1.88. The summed E-state index contributed by atoms with van der Waals surface area (Å²) >= 11 is 0. The molecule has 5 nitrogen and oxygen atoms in total. The normalized spacial score (nSPS) is 19.9. The van der Waals surface area contributed by atoms with Crippen LogP contribution < -0.4 is 0 Å². The standard InChI is InChI=1S/C17H23N3O2/c1-12(2)19-7-3-5-13(11-19)9-16-18-10-15-14(17(21)22)6-4-8-20(15)16/h4,6,8,10,12-13H,3,5,7,9,11H2,1-2H3,(H,21,22). The van der Waals surface area contributed by atoms with Crippen LogP contribution in [0.15, 0.2) is 24.5 Å². The zero-order chi connectivity index (χ0) is 15.7. The number of aromatic nitrogens is 2. The first-order valence-electron chi connectivity index (χ1n) is 7.98. The molecule has 0 bridgehead atoms. The van der Waals surface area contributed by atoms with Crippen LogP contribution >= 0.6 is 0 Å². The first-order valence-corrected chi connectivity index (χ1v) is 7.98. The molecular formula is C17H23N3O2. The van der Waals surface area contributed by atoms with Gasteiger partial charge < -0.3 is 14.4 Å². The monoisotopic (exact) mass is 301 g/mol. The molecule has 2 aromatic heterocycles. The first kappa shape index (κ1) is 15.0. The molecule has 22 heavy (non-hydrogen) atoms. The fourth-order valence-electron chi connectivity index (χ4n) is 3.40. The van der Waals surface area contributed by atoms with Crippen LogP contribution in [0.3, 0.4) is 0 Å². The summed E-state index contributed by atoms with van der Waals surface area (Å²) in [5.41, 5.74) is 0.996. The number of nitrogens with zero attached hydrogens (tertiary/aromatic N) is 3. The quantitative estimate of drug-likeness (QED) is 0.943. The highest BCUT2D eigenvalue weighted by molar-refractivity contribution is 5.95. The highest BCUT2D eigenvalue weighted by Crippen LogP contribution is 2.23. The van der Waals surface area contributed by atoms with Gasteiger partial charge in [0.15, 0.2) is 0 Å². The second-order valence-corrected chi connectivity index (χ2v) is 6.46. The molecule has 0 amide bonds. The number of hydrogen-bond donors (Lipinski definition) is 1. The van der Waals surface area contributed by atoms with Crippen LogP contribution in [0.2, 0.25) is 0 Å². The number of likely N-dealkylation sites (tertiary alicyclic amines) is 1. The summed E-state index contributed by atoms with van der Waals surface area (Å²) in [4.78, 5) is 18.3. The van der Waals surface area contributed by atoms with Crippen molar-refractivity contribution >= 4 is 11.5 Å². The predicted octanol–water partition coefficient (Wildman–Crippen LogP) is 2.70. The first-order chi connectivity index (χ1) is 10.6. The van der Waals surface area contributed by atoms with Gasteiger partial charge >= 0.3 is 5.97 Å². The largest absolute Gasteiger partial charge is 0.478 e. The number of hydrogen-bond acceptors (Lipinski definition) is 3. The van der Waals surface area contributed by atoms with Crippen molar-refractivity contribution in [1.29, 1.82) is 0 Å². The number of carboxylic acid groups (broad SMARTS) is 1. The Morgan fingerprint density at radius 3 is 3.05 bits per heavy atom. The van der Waals surface area contributed by atoms with Gasteiger partial charge in [-0.15, -0.1) is 0 Å². The van der Waals surface area contributed by atoms with Gasteiger partial charge in [-0.3, -0.25) is 0 Å². The number of fused-ring (bicyclic) bond motifs is 1. The molecule has 1 aliphatic heterocycles. The van der Waals surface area contributed by atoms with E-state index in [2.05, 4.69) is 23.7 Å². The third-order valence-corrected chi connectivity index (χ3v) is 4.63. The Morgan fingerprint density at radius 1 is 1.50 bits per heavy atom. The van der Waals surface area contributed by atoms with E-state index in [1.807, 2.05) is 10.6 Å². The summed E-state index contributed by atoms with van der Waals surface area (Å²) in [6, 6.07) is 3.99. The van der Waals surface area contributed by atoms with Gasteiger partial charge in [-0.1, -0.05) is 0 Å². The van der Waals surface area contributed by atoms with Crippen LogP contribution in [0.1, 0.15) is 42.9 Å². The minimum absolute atomic E-state index is 0.314. The molecular weight excluding hydrogens is 278 g/mol. The predicted molar refractivity (Wildman–Crippen MR) is 85.3 cm³/mol. The SMILES string of the molecule is CC(C)N1CCCC(Cc2ncc3c(C(=O)O)cccn23)C1. The lowest BCUT2D eigenvalue weighted by Gasteiger charge is -2.35. The maximum Gasteiger partial charge on any atom is 0.337 e. The molecule has 1 saturated heterocycles. The Kier molecular flexibility index (Phi) is 4.16. The van der Waals surface area contributed by atoms with E-state index in [0.717, 1.165) is 18.8 Å². The van der Waals surface area contributed by atoms with E-state index in [4.69, 9.17) is 0 Å². The number of aromatic carboxylic acids is 1. The van der Waals surface area contributed by atoms with Gasteiger partial charge in [-0.25, -0.2) is 9.78 Å². The van der Waals surface area contributed by atoms with Gasteiger partial charge in [0.05, 0.1) is 17.3 Å². The fourth-order valence-corrected chi connectivity index (χ4v) is 3.40. The Bertz CT molecular complexity index is 678. The molecule has 1 fully saturated rings. The van der Waals surface area contributed by atoms with Crippen LogP contribution in [0, 0.1) is 5.92 Å². The lowest BCUT2D eigenvalue weighted by molar-refractivity contribution is 0.0698. The maximum atomic E-state index is 11.3. The second-order valence-electron chi connectivity index (χ2n) is 6.46. The lowest BCUT2D eigenvalue weighted by Crippen LogP contribution is -2.40. The minimum atomic E-state index is -0.902. The summed E-state index contributed by atoms with van der Waals surface area (Å²) < 4.78 is 1.93. The van der Waals surface area contributed by atoms with Crippen LogP contribution in [0.25, 0.3) is 5.52 Å². The molecule has 2 aromatic rings. The summed E-state index contributed by atoms with van der Waals surface area (Å²) in [7, 11) is 0. The number of carbonyl (C=O) groups is 1. The molecule has 0 aliphatic carbocycles. The fraction of sp³-hybridized carbons (Fsp3) is 0.529. The Balaban J connectivity index is 1.82. The van der Waals surface area contributed by atoms with Gasteiger partial charge in [-0.05, 0) is 51.3 Å². The van der Waals surface area contributed by atoms with Crippen LogP contribution in [-0.4, -0.2) is 44.5 Å². The average molecular weight is 301 g/mol. The van der Waals surface area contributed by atoms with E-state index in [0.29, 0.717) is 23.0 Å². The number of imidazole rings is 1. The molecule has 1 unspecified atom stereocenters. The van der Waals surface area contributed by atoms with Crippen LogP contribution in [-0.2, 0) is 6.42 Å². The van der Waals surface area contributed by atoms with Crippen molar-refractivity contribution in [1.82, 2.24) is 14.3 Å².